The Balaban J connectivity index is 1.34. The van der Waals surface area contributed by atoms with E-state index in [1.807, 2.05) is 24.3 Å². The van der Waals surface area contributed by atoms with Gasteiger partial charge in [0.1, 0.15) is 17.2 Å². The molecule has 16 heteroatoms. The number of ether oxygens (including phenoxy) is 2. The number of benzene rings is 2. The van der Waals surface area contributed by atoms with Gasteiger partial charge in [-0.05, 0) is 87.0 Å². The molecule has 1 fully saturated rings. The summed E-state index contributed by atoms with van der Waals surface area (Å²) in [5.41, 5.74) is 1.27. The molecule has 1 aliphatic rings. The van der Waals surface area contributed by atoms with Crippen LogP contribution >= 0.6 is 22.9 Å². The first-order valence-electron chi connectivity index (χ1n) is 15.9. The summed E-state index contributed by atoms with van der Waals surface area (Å²) in [6, 6.07) is 19.4. The van der Waals surface area contributed by atoms with Gasteiger partial charge in [-0.1, -0.05) is 41.9 Å². The first-order valence-corrected chi connectivity index (χ1v) is 20.1. The predicted octanol–water partition coefficient (Wildman–Crippen LogP) is 7.02. The maximum atomic E-state index is 13.3. The zero-order chi connectivity index (χ0) is 36.6. The van der Waals surface area contributed by atoms with Crippen molar-refractivity contribution >= 4 is 65.0 Å². The van der Waals surface area contributed by atoms with Crippen molar-refractivity contribution in [3.8, 4) is 17.0 Å². The molecule has 12 nitrogen and oxygen atoms in total. The number of anilines is 1. The highest BCUT2D eigenvalue weighted by Crippen LogP contribution is 2.41. The Hall–Kier alpha value is -4.12. The number of nitrogens with one attached hydrogen (secondary N) is 3. The fourth-order valence-electron chi connectivity index (χ4n) is 5.18. The summed E-state index contributed by atoms with van der Waals surface area (Å²) in [4.78, 5) is 22.2. The summed E-state index contributed by atoms with van der Waals surface area (Å²) >= 11 is 7.96. The third-order valence-electron chi connectivity index (χ3n) is 7.81. The largest absolute Gasteiger partial charge is 0.497 e. The number of thiophene rings is 1. The molecule has 3 aromatic heterocycles. The molecule has 3 heterocycles. The summed E-state index contributed by atoms with van der Waals surface area (Å²) in [6.07, 6.45) is 1.79. The van der Waals surface area contributed by atoms with Crippen LogP contribution in [0.4, 0.5) is 10.6 Å². The quantitative estimate of drug-likeness (QED) is 0.121. The number of methoxy groups -OCH3 is 1. The second-order valence-corrected chi connectivity index (χ2v) is 18.2. The number of carbonyl (C=O) groups excluding carboxylic acids is 1. The Kier molecular flexibility index (Phi) is 10.4. The number of sulfonamides is 2. The van der Waals surface area contributed by atoms with E-state index >= 15 is 0 Å². The van der Waals surface area contributed by atoms with E-state index in [1.54, 1.807) is 52.1 Å². The highest BCUT2D eigenvalue weighted by molar-refractivity contribution is 7.90. The third-order valence-corrected chi connectivity index (χ3v) is 12.7. The van der Waals surface area contributed by atoms with Crippen molar-refractivity contribution in [2.45, 2.75) is 61.9 Å². The highest BCUT2D eigenvalue weighted by atomic mass is 35.5. The lowest BCUT2D eigenvalue weighted by Crippen LogP contribution is -2.32. The van der Waals surface area contributed by atoms with E-state index in [-0.39, 0.29) is 28.0 Å². The van der Waals surface area contributed by atoms with Crippen LogP contribution < -0.4 is 19.5 Å². The van der Waals surface area contributed by atoms with Crippen molar-refractivity contribution < 1.29 is 31.1 Å². The van der Waals surface area contributed by atoms with Crippen LogP contribution in [0.1, 0.15) is 55.8 Å². The van der Waals surface area contributed by atoms with Crippen LogP contribution in [-0.2, 0) is 31.3 Å². The lowest BCUT2D eigenvalue weighted by Gasteiger charge is -2.21. The molecule has 1 saturated carbocycles. The molecule has 51 heavy (non-hydrogen) atoms. The topological polar surface area (TPSA) is 166 Å². The number of hydrogen-bond acceptors (Lipinski definition) is 10. The van der Waals surface area contributed by atoms with E-state index in [0.29, 0.717) is 34.7 Å². The van der Waals surface area contributed by atoms with Gasteiger partial charge in [-0.25, -0.2) is 36.1 Å². The molecule has 1 atom stereocenters. The van der Waals surface area contributed by atoms with E-state index in [9.17, 15) is 21.6 Å². The molecule has 1 unspecified atom stereocenters. The van der Waals surface area contributed by atoms with Gasteiger partial charge in [-0.2, -0.15) is 0 Å². The van der Waals surface area contributed by atoms with Gasteiger partial charge in [-0.3, -0.25) is 10.3 Å². The van der Waals surface area contributed by atoms with Crippen molar-refractivity contribution in [1.29, 1.82) is 0 Å². The molecule has 3 N–H and O–H groups in total. The maximum Gasteiger partial charge on any atom is 0.413 e. The smallest absolute Gasteiger partial charge is 0.413 e. The van der Waals surface area contributed by atoms with Crippen molar-refractivity contribution in [1.82, 2.24) is 19.4 Å². The Morgan fingerprint density at radius 3 is 2.45 bits per heavy atom. The van der Waals surface area contributed by atoms with Crippen LogP contribution in [0.15, 0.2) is 83.9 Å². The normalized spacial score (nSPS) is 14.3. The van der Waals surface area contributed by atoms with Gasteiger partial charge in [0.15, 0.2) is 0 Å². The standard InChI is InChI=1S/C35H36ClN5O7S3/c1-35(2,3)48-34(42)40-30-15-14-27(36)31(39-30)32(41-51(45,46)24-12-13-24)29-18-22-6-5-7-26(33(22)49-29)28-19-25(16-17-37-28)50(43,44)38-20-21-8-10-23(47-4)11-9-21/h5-11,14-19,24,32,38,41H,12-13,20H2,1-4H3,(H,39,40,42). The van der Waals surface area contributed by atoms with Gasteiger partial charge < -0.3 is 9.47 Å². The van der Waals surface area contributed by atoms with Crippen LogP contribution in [-0.4, -0.2) is 50.9 Å². The minimum Gasteiger partial charge on any atom is -0.497 e. The average molecular weight is 770 g/mol. The van der Waals surface area contributed by atoms with E-state index in [1.165, 1.54) is 41.8 Å². The lowest BCUT2D eigenvalue weighted by molar-refractivity contribution is 0.0635. The number of pyridine rings is 2. The maximum absolute atomic E-state index is 13.3. The fourth-order valence-corrected chi connectivity index (χ4v) is 9.26. The van der Waals surface area contributed by atoms with Gasteiger partial charge >= 0.3 is 6.09 Å². The summed E-state index contributed by atoms with van der Waals surface area (Å²) in [5, 5.41) is 3.03. The minimum absolute atomic E-state index is 0.0372. The van der Waals surface area contributed by atoms with Crippen molar-refractivity contribution in [2.75, 3.05) is 12.4 Å². The van der Waals surface area contributed by atoms with Crippen LogP contribution in [0.2, 0.25) is 5.02 Å². The van der Waals surface area contributed by atoms with Gasteiger partial charge in [0.05, 0.1) is 39.7 Å². The molecule has 2 aromatic carbocycles. The Morgan fingerprint density at radius 2 is 1.76 bits per heavy atom. The summed E-state index contributed by atoms with van der Waals surface area (Å²) in [7, 11) is -6.11. The number of halogens is 1. The van der Waals surface area contributed by atoms with E-state index < -0.39 is 43.0 Å². The molecule has 0 saturated heterocycles. The fraction of sp³-hybridized carbons (Fsp3) is 0.286. The van der Waals surface area contributed by atoms with E-state index in [2.05, 4.69) is 24.7 Å². The number of nitrogens with zero attached hydrogens (tertiary/aromatic N) is 2. The molecule has 1 amide bonds. The van der Waals surface area contributed by atoms with E-state index in [0.717, 1.165) is 15.6 Å². The van der Waals surface area contributed by atoms with Gasteiger partial charge in [0.25, 0.3) is 0 Å². The molecule has 0 aliphatic heterocycles. The second kappa shape index (κ2) is 14.5. The lowest BCUT2D eigenvalue weighted by atomic mass is 10.1. The van der Waals surface area contributed by atoms with Crippen LogP contribution in [0.5, 0.6) is 5.75 Å². The van der Waals surface area contributed by atoms with Crippen molar-refractivity contribution in [2.24, 2.45) is 0 Å². The third kappa shape index (κ3) is 8.86. The molecular formula is C35H36ClN5O7S3. The van der Waals surface area contributed by atoms with Crippen LogP contribution in [0.25, 0.3) is 21.3 Å². The van der Waals surface area contributed by atoms with Gasteiger partial charge in [0.2, 0.25) is 20.0 Å². The van der Waals surface area contributed by atoms with Gasteiger partial charge in [0, 0.05) is 27.9 Å². The second-order valence-electron chi connectivity index (χ2n) is 12.9. The number of hydrogen-bond donors (Lipinski definition) is 3. The highest BCUT2D eigenvalue weighted by Gasteiger charge is 2.39. The molecule has 6 rings (SSSR count). The van der Waals surface area contributed by atoms with Crippen molar-refractivity contribution in [3.05, 3.63) is 100 Å². The average Bonchev–Trinajstić information content (AvgIpc) is 3.86. The number of fused-ring (bicyclic) bond motifs is 1. The summed E-state index contributed by atoms with van der Waals surface area (Å²) < 4.78 is 70.1. The monoisotopic (exact) mass is 769 g/mol. The molecule has 0 spiro atoms. The number of rotatable bonds is 12. The molecular weight excluding hydrogens is 734 g/mol. The SMILES string of the molecule is COc1ccc(CNS(=O)(=O)c2ccnc(-c3cccc4cc(C(NS(=O)(=O)C5CC5)c5nc(NC(=O)OC(C)(C)C)ccc5Cl)sc34)c2)cc1. The van der Waals surface area contributed by atoms with Crippen molar-refractivity contribution in [3.63, 3.8) is 0 Å². The number of carbonyl (C=O) groups is 1. The molecule has 0 radical (unpaired) electrons. The molecule has 5 aromatic rings. The predicted molar refractivity (Wildman–Crippen MR) is 198 cm³/mol. The van der Waals surface area contributed by atoms with Crippen LogP contribution in [0, 0.1) is 0 Å². The van der Waals surface area contributed by atoms with E-state index in [4.69, 9.17) is 21.1 Å². The number of aromatic nitrogens is 2. The minimum atomic E-state index is -3.91. The summed E-state index contributed by atoms with van der Waals surface area (Å²) in [6.45, 7) is 5.28. The Morgan fingerprint density at radius 1 is 1.02 bits per heavy atom. The number of amides is 1. The van der Waals surface area contributed by atoms with Gasteiger partial charge in [-0.15, -0.1) is 11.3 Å². The molecule has 268 valence electrons. The first kappa shape index (κ1) is 36.7. The Labute approximate surface area is 305 Å². The first-order chi connectivity index (χ1) is 24.1. The Bertz CT molecular complexity index is 2300. The van der Waals surface area contributed by atoms with Crippen LogP contribution in [0.3, 0.4) is 0 Å². The zero-order valence-corrected chi connectivity index (χ0v) is 31.3. The summed E-state index contributed by atoms with van der Waals surface area (Å²) in [5.74, 6) is 0.796. The molecule has 0 bridgehead atoms. The zero-order valence-electron chi connectivity index (χ0n) is 28.1. The molecule has 1 aliphatic carbocycles.